The normalized spacial score (nSPS) is 19.0. The Balaban J connectivity index is 1.39. The first kappa shape index (κ1) is 56.2. The van der Waals surface area contributed by atoms with E-state index >= 15 is 0 Å². The van der Waals surface area contributed by atoms with E-state index in [1.54, 1.807) is 50.0 Å². The van der Waals surface area contributed by atoms with E-state index < -0.39 is 105 Å². The van der Waals surface area contributed by atoms with Gasteiger partial charge in [-0.15, -0.1) is 5.06 Å². The number of allylic oxidation sites excluding steroid dienone is 4. The van der Waals surface area contributed by atoms with Crippen molar-refractivity contribution < 1.29 is 93.4 Å². The zero-order valence-electron chi connectivity index (χ0n) is 40.1. The lowest BCUT2D eigenvalue weighted by molar-refractivity contribution is -0.438. The van der Waals surface area contributed by atoms with Crippen LogP contribution in [-0.4, -0.2) is 131 Å². The van der Waals surface area contributed by atoms with E-state index in [1.165, 1.54) is 25.3 Å². The predicted molar refractivity (Wildman–Crippen MR) is 265 cm³/mol. The largest absolute Gasteiger partial charge is 0.383 e. The number of carbonyl (C=O) groups excluding carboxylic acids is 3. The number of rotatable bonds is 20. The fraction of sp³-hybridized carbons (Fsp3) is 0.391. The third-order valence-electron chi connectivity index (χ3n) is 13.4. The average Bonchev–Trinajstić information content (AvgIpc) is 3.81. The summed E-state index contributed by atoms with van der Waals surface area (Å²) in [5, 5.41) is 0.223. The number of carbonyl (C=O) groups is 3. The van der Waals surface area contributed by atoms with Crippen molar-refractivity contribution in [3.63, 3.8) is 0 Å². The first-order valence-electron chi connectivity index (χ1n) is 22.6. The lowest BCUT2D eigenvalue weighted by atomic mass is 9.75. The van der Waals surface area contributed by atoms with Gasteiger partial charge in [-0.05, 0) is 105 Å². The van der Waals surface area contributed by atoms with Crippen LogP contribution in [0.4, 0.5) is 11.4 Å². The van der Waals surface area contributed by atoms with E-state index in [9.17, 15) is 79.2 Å². The number of hydrogen-bond acceptors (Lipinski definition) is 16. The number of unbranched alkanes of at least 4 members (excludes halogenated alkanes) is 2. The van der Waals surface area contributed by atoms with Crippen molar-refractivity contribution in [3.8, 4) is 0 Å². The molecule has 1 fully saturated rings. The van der Waals surface area contributed by atoms with Gasteiger partial charge in [0.1, 0.15) is 16.3 Å². The number of benzene rings is 4. The molecule has 4 aromatic rings. The highest BCUT2D eigenvalue weighted by molar-refractivity contribution is 7.87. The van der Waals surface area contributed by atoms with Crippen LogP contribution in [0.15, 0.2) is 92.0 Å². The average molecular weight is 1130 g/mol. The standard InChI is InChI=1S/C46H51N3O20S5/c1-45(2)38(47(20-7-5-6-12-42(52)69-49-40(50)17-18-41(49)51)34-15-13-30-32(43(34)45)24-28(71(56,57)58)26-36(30)73(62,63)64)10-8-11-39-46(3,19-9-23-70(53,54)55)44-33-25-29(72(59,60)61)27-37(74(65,66)67)31(33)14-16-35(44)48(39)21-22-68-4/h8,10-11,13-16,24-27H,5-7,9,12,17-23H2,1-4H3,(H4-,53,54,55,56,57,58,59,60,61,62,63,64,65,66,67)/p+1. The summed E-state index contributed by atoms with van der Waals surface area (Å²) in [4.78, 5) is 40.0. The maximum atomic E-state index is 12.8. The van der Waals surface area contributed by atoms with Gasteiger partial charge in [0.25, 0.3) is 62.4 Å². The fourth-order valence-electron chi connectivity index (χ4n) is 10.1. The zero-order chi connectivity index (χ0) is 54.7. The van der Waals surface area contributed by atoms with Crippen molar-refractivity contribution in [2.24, 2.45) is 0 Å². The van der Waals surface area contributed by atoms with Crippen LogP contribution >= 0.6 is 0 Å². The number of methoxy groups -OCH3 is 1. The molecule has 74 heavy (non-hydrogen) atoms. The highest BCUT2D eigenvalue weighted by Gasteiger charge is 2.48. The highest BCUT2D eigenvalue weighted by Crippen LogP contribution is 2.54. The Hall–Kier alpha value is -5.53. The second kappa shape index (κ2) is 20.2. The molecule has 1 saturated heterocycles. The van der Waals surface area contributed by atoms with E-state index in [-0.39, 0.29) is 85.3 Å². The molecule has 28 heteroatoms. The van der Waals surface area contributed by atoms with Gasteiger partial charge in [-0.3, -0.25) is 32.4 Å². The molecule has 5 N–H and O–H groups in total. The van der Waals surface area contributed by atoms with Crippen molar-refractivity contribution >= 4 is 107 Å². The summed E-state index contributed by atoms with van der Waals surface area (Å²) in [6.07, 6.45) is 5.38. The van der Waals surface area contributed by atoms with Crippen molar-refractivity contribution in [3.05, 3.63) is 83.6 Å². The molecule has 3 aliphatic heterocycles. The molecule has 7 rings (SSSR count). The Morgan fingerprint density at radius 1 is 0.703 bits per heavy atom. The van der Waals surface area contributed by atoms with Crippen LogP contribution < -0.4 is 4.90 Å². The van der Waals surface area contributed by atoms with Crippen LogP contribution in [0.3, 0.4) is 0 Å². The molecule has 0 aromatic heterocycles. The van der Waals surface area contributed by atoms with E-state index in [1.807, 2.05) is 4.58 Å². The molecule has 0 spiro atoms. The molecule has 400 valence electrons. The number of imide groups is 1. The molecule has 0 radical (unpaired) electrons. The van der Waals surface area contributed by atoms with E-state index in [0.29, 0.717) is 58.4 Å². The van der Waals surface area contributed by atoms with Gasteiger partial charge < -0.3 is 14.5 Å². The van der Waals surface area contributed by atoms with Gasteiger partial charge >= 0.3 is 5.97 Å². The molecule has 0 aliphatic carbocycles. The van der Waals surface area contributed by atoms with Gasteiger partial charge in [0.2, 0.25) is 5.69 Å². The third-order valence-corrected chi connectivity index (χ3v) is 17.6. The number of nitrogens with zero attached hydrogens (tertiary/aromatic N) is 3. The molecular formula is C46H52N3O20S5+. The minimum absolute atomic E-state index is 0.0413. The van der Waals surface area contributed by atoms with E-state index in [0.717, 1.165) is 12.1 Å². The molecule has 4 aromatic carbocycles. The van der Waals surface area contributed by atoms with Gasteiger partial charge in [-0.2, -0.15) is 46.7 Å². The Kier molecular flexibility index (Phi) is 15.3. The molecule has 3 heterocycles. The van der Waals surface area contributed by atoms with Crippen LogP contribution in [-0.2, 0) is 85.4 Å². The summed E-state index contributed by atoms with van der Waals surface area (Å²) in [5.74, 6) is -2.79. The van der Waals surface area contributed by atoms with Crippen LogP contribution in [0.25, 0.3) is 21.5 Å². The summed E-state index contributed by atoms with van der Waals surface area (Å²) < 4.78 is 184. The summed E-state index contributed by atoms with van der Waals surface area (Å²) in [6.45, 7) is 5.56. The number of fused-ring (bicyclic) bond motifs is 6. The Bertz CT molecular complexity index is 3720. The Morgan fingerprint density at radius 3 is 1.78 bits per heavy atom. The molecule has 0 saturated carbocycles. The molecule has 3 aliphatic rings. The van der Waals surface area contributed by atoms with Crippen LogP contribution in [0.5, 0.6) is 0 Å². The smallest absolute Gasteiger partial charge is 0.333 e. The predicted octanol–water partition coefficient (Wildman–Crippen LogP) is 5.06. The van der Waals surface area contributed by atoms with Gasteiger partial charge in [-0.25, -0.2) is 4.79 Å². The maximum Gasteiger partial charge on any atom is 0.333 e. The quantitative estimate of drug-likeness (QED) is 0.0334. The van der Waals surface area contributed by atoms with Crippen molar-refractivity contribution in [1.29, 1.82) is 0 Å². The van der Waals surface area contributed by atoms with Gasteiger partial charge in [0.05, 0.1) is 27.6 Å². The van der Waals surface area contributed by atoms with E-state index in [4.69, 9.17) is 9.57 Å². The van der Waals surface area contributed by atoms with Crippen LogP contribution in [0, 0.1) is 0 Å². The second-order valence-corrected chi connectivity index (χ2v) is 25.8. The minimum atomic E-state index is -5.15. The van der Waals surface area contributed by atoms with Crippen LogP contribution in [0.2, 0.25) is 0 Å². The molecule has 23 nitrogen and oxygen atoms in total. The summed E-state index contributed by atoms with van der Waals surface area (Å²) >= 11 is 0. The lowest BCUT2D eigenvalue weighted by Gasteiger charge is -2.31. The Labute approximate surface area is 426 Å². The summed E-state index contributed by atoms with van der Waals surface area (Å²) in [6, 6.07) is 9.14. The molecule has 1 unspecified atom stereocenters. The van der Waals surface area contributed by atoms with Crippen molar-refractivity contribution in [2.75, 3.05) is 37.5 Å². The van der Waals surface area contributed by atoms with Crippen LogP contribution in [0.1, 0.15) is 83.3 Å². The minimum Gasteiger partial charge on any atom is -0.383 e. The first-order valence-corrected chi connectivity index (χ1v) is 30.0. The number of hydroxylamine groups is 2. The number of hydrogen-bond donors (Lipinski definition) is 5. The third kappa shape index (κ3) is 11.2. The molecule has 1 atom stereocenters. The summed E-state index contributed by atoms with van der Waals surface area (Å²) in [5.41, 5.74) is -0.150. The topological polar surface area (TPSA) is 351 Å². The molecule has 0 bridgehead atoms. The maximum absolute atomic E-state index is 12.8. The van der Waals surface area contributed by atoms with Gasteiger partial charge in [0.15, 0.2) is 5.71 Å². The Morgan fingerprint density at radius 2 is 1.26 bits per heavy atom. The number of ether oxygens (including phenoxy) is 1. The SMILES string of the molecule is COCCN1C(=CC=CC2=[N+](CCCCCC(=O)ON3C(=O)CCC3=O)c3ccc4c(S(=O)(=O)O)cc(S(=O)(=O)O)cc4c3C2(C)C)C(C)(CCCS(=O)(=O)O)c2c1ccc1c(S(=O)(=O)O)cc(S(=O)(=O)O)cc21. The summed E-state index contributed by atoms with van der Waals surface area (Å²) in [7, 11) is -23.5. The monoisotopic (exact) mass is 1130 g/mol. The first-order chi connectivity index (χ1) is 34.2. The van der Waals surface area contributed by atoms with Crippen molar-refractivity contribution in [2.45, 2.75) is 103 Å². The number of anilines is 1. The fourth-order valence-corrected chi connectivity index (χ4v) is 13.3. The second-order valence-electron chi connectivity index (χ2n) is 18.6. The van der Waals surface area contributed by atoms with Gasteiger partial charge in [-0.1, -0.05) is 12.1 Å². The van der Waals surface area contributed by atoms with Crippen molar-refractivity contribution in [1.82, 2.24) is 5.06 Å². The van der Waals surface area contributed by atoms with Gasteiger partial charge in [0, 0.05) is 84.6 Å². The number of amides is 2. The molecule has 2 amide bonds. The highest BCUT2D eigenvalue weighted by atomic mass is 32.2. The van der Waals surface area contributed by atoms with E-state index in [2.05, 4.69) is 0 Å². The lowest BCUT2D eigenvalue weighted by Crippen LogP contribution is -2.32. The molecular weight excluding hydrogens is 1070 g/mol. The zero-order valence-corrected chi connectivity index (χ0v) is 44.2.